The molecule has 0 N–H and O–H groups in total. The van der Waals surface area contributed by atoms with E-state index in [1.807, 2.05) is 24.3 Å². The molecular weight excluding hydrogens is 186 g/mol. The molecule has 0 saturated heterocycles. The van der Waals surface area contributed by atoms with Gasteiger partial charge in [0.15, 0.2) is 5.78 Å². The number of nitrogens with zero attached hydrogens (tertiary/aromatic N) is 1. The van der Waals surface area contributed by atoms with Crippen LogP contribution >= 0.6 is 0 Å². The monoisotopic (exact) mass is 197 g/mol. The number of allylic oxidation sites excluding steroid dienone is 5. The smallest absolute Gasteiger partial charge is 0.187 e. The van der Waals surface area contributed by atoms with E-state index in [4.69, 9.17) is 0 Å². The Bertz CT molecular complexity index is 475. The molecule has 74 valence electrons. The molecule has 1 heterocycles. The largest absolute Gasteiger partial charge is 0.289 e. The van der Waals surface area contributed by atoms with Crippen LogP contribution in [0, 0.1) is 0 Å². The van der Waals surface area contributed by atoms with E-state index in [0.29, 0.717) is 0 Å². The van der Waals surface area contributed by atoms with Crippen LogP contribution < -0.4 is 0 Å². The first-order valence-corrected chi connectivity index (χ1v) is 5.21. The van der Waals surface area contributed by atoms with Crippen LogP contribution in [0.2, 0.25) is 0 Å². The average molecular weight is 197 g/mol. The minimum atomic E-state index is 0.0916. The van der Waals surface area contributed by atoms with Crippen molar-refractivity contribution >= 4 is 11.5 Å². The summed E-state index contributed by atoms with van der Waals surface area (Å²) in [5.41, 5.74) is 2.91. The Balaban J connectivity index is 2.09. The Labute approximate surface area is 88.4 Å². The summed E-state index contributed by atoms with van der Waals surface area (Å²) in [5.74, 6) is 0.0916. The summed E-state index contributed by atoms with van der Waals surface area (Å²) >= 11 is 0. The summed E-state index contributed by atoms with van der Waals surface area (Å²) in [5, 5.41) is 0. The molecule has 1 atom stereocenters. The number of aliphatic imine (C=N–C) groups is 1. The molecule has 2 nitrogen and oxygen atoms in total. The maximum Gasteiger partial charge on any atom is 0.187 e. The van der Waals surface area contributed by atoms with Gasteiger partial charge in [-0.3, -0.25) is 9.79 Å². The maximum absolute atomic E-state index is 11.6. The summed E-state index contributed by atoms with van der Waals surface area (Å²) in [6.07, 6.45) is 13.5. The number of fused-ring (bicyclic) bond motifs is 2. The number of hydrogen-bond donors (Lipinski definition) is 0. The lowest BCUT2D eigenvalue weighted by atomic mass is 9.87. The summed E-state index contributed by atoms with van der Waals surface area (Å²) in [7, 11) is 0. The fourth-order valence-electron chi connectivity index (χ4n) is 2.16. The molecular formula is C13H11NO. The third-order valence-corrected chi connectivity index (χ3v) is 2.95. The van der Waals surface area contributed by atoms with Crippen molar-refractivity contribution in [1.82, 2.24) is 0 Å². The highest BCUT2D eigenvalue weighted by Crippen LogP contribution is 2.27. The summed E-state index contributed by atoms with van der Waals surface area (Å²) in [6, 6.07) is 0.244. The number of ketones is 1. The molecule has 1 aliphatic heterocycles. The van der Waals surface area contributed by atoms with Crippen LogP contribution in [0.3, 0.4) is 0 Å². The number of hydrogen-bond acceptors (Lipinski definition) is 2. The highest BCUT2D eigenvalue weighted by Gasteiger charge is 2.25. The zero-order chi connectivity index (χ0) is 10.3. The molecule has 0 aromatic heterocycles. The van der Waals surface area contributed by atoms with Crippen molar-refractivity contribution in [2.75, 3.05) is 0 Å². The SMILES string of the molecule is O=C1C=CCC2=NC3CC=CC=C3C=C12. The van der Waals surface area contributed by atoms with Crippen molar-refractivity contribution in [3.63, 3.8) is 0 Å². The molecule has 0 amide bonds. The van der Waals surface area contributed by atoms with Crippen LogP contribution in [0.5, 0.6) is 0 Å². The van der Waals surface area contributed by atoms with Crippen molar-refractivity contribution in [2.24, 2.45) is 4.99 Å². The second kappa shape index (κ2) is 3.16. The normalized spacial score (nSPS) is 27.6. The Morgan fingerprint density at radius 1 is 1.33 bits per heavy atom. The second-order valence-corrected chi connectivity index (χ2v) is 3.95. The average Bonchev–Trinajstić information content (AvgIpc) is 2.27. The van der Waals surface area contributed by atoms with E-state index < -0.39 is 0 Å². The molecule has 0 bridgehead atoms. The van der Waals surface area contributed by atoms with Crippen molar-refractivity contribution in [1.29, 1.82) is 0 Å². The van der Waals surface area contributed by atoms with Crippen molar-refractivity contribution in [3.8, 4) is 0 Å². The van der Waals surface area contributed by atoms with E-state index in [1.54, 1.807) is 6.08 Å². The molecule has 0 fully saturated rings. The van der Waals surface area contributed by atoms with Gasteiger partial charge in [-0.15, -0.1) is 0 Å². The molecule has 2 heteroatoms. The quantitative estimate of drug-likeness (QED) is 0.585. The first-order valence-electron chi connectivity index (χ1n) is 5.21. The first kappa shape index (κ1) is 8.60. The van der Waals surface area contributed by atoms with E-state index in [-0.39, 0.29) is 11.8 Å². The molecule has 0 saturated carbocycles. The minimum absolute atomic E-state index is 0.0916. The van der Waals surface area contributed by atoms with E-state index in [9.17, 15) is 4.79 Å². The Kier molecular flexibility index (Phi) is 1.81. The highest BCUT2D eigenvalue weighted by atomic mass is 16.1. The van der Waals surface area contributed by atoms with Gasteiger partial charge in [0.2, 0.25) is 0 Å². The predicted octanol–water partition coefficient (Wildman–Crippen LogP) is 2.15. The first-order chi connectivity index (χ1) is 7.34. The van der Waals surface area contributed by atoms with E-state index in [0.717, 1.165) is 24.1 Å². The van der Waals surface area contributed by atoms with Gasteiger partial charge >= 0.3 is 0 Å². The van der Waals surface area contributed by atoms with Crippen LogP contribution in [0.4, 0.5) is 0 Å². The van der Waals surface area contributed by atoms with Gasteiger partial charge in [-0.2, -0.15) is 0 Å². The zero-order valence-corrected chi connectivity index (χ0v) is 8.31. The van der Waals surface area contributed by atoms with Gasteiger partial charge in [0.05, 0.1) is 11.8 Å². The van der Waals surface area contributed by atoms with Crippen LogP contribution in [-0.2, 0) is 4.79 Å². The molecule has 3 aliphatic rings. The van der Waals surface area contributed by atoms with Gasteiger partial charge in [0.1, 0.15) is 0 Å². The molecule has 2 aliphatic carbocycles. The number of carbonyl (C=O) groups excluding carboxylic acids is 1. The Hall–Kier alpha value is -1.70. The fraction of sp³-hybridized carbons (Fsp3) is 0.231. The Morgan fingerprint density at radius 3 is 3.20 bits per heavy atom. The van der Waals surface area contributed by atoms with Gasteiger partial charge in [-0.25, -0.2) is 0 Å². The maximum atomic E-state index is 11.6. The topological polar surface area (TPSA) is 29.4 Å². The molecule has 0 aromatic rings. The third kappa shape index (κ3) is 1.33. The van der Waals surface area contributed by atoms with Gasteiger partial charge in [-0.05, 0) is 24.1 Å². The molecule has 1 unspecified atom stereocenters. The lowest BCUT2D eigenvalue weighted by molar-refractivity contribution is -0.111. The number of dihydropyridines is 1. The third-order valence-electron chi connectivity index (χ3n) is 2.95. The van der Waals surface area contributed by atoms with Crippen LogP contribution in [-0.4, -0.2) is 17.5 Å². The molecule has 0 aromatic carbocycles. The van der Waals surface area contributed by atoms with Crippen molar-refractivity contribution in [3.05, 3.63) is 47.6 Å². The van der Waals surface area contributed by atoms with Crippen LogP contribution in [0.15, 0.2) is 52.6 Å². The van der Waals surface area contributed by atoms with Crippen molar-refractivity contribution < 1.29 is 4.79 Å². The van der Waals surface area contributed by atoms with Gasteiger partial charge in [0, 0.05) is 12.0 Å². The summed E-state index contributed by atoms with van der Waals surface area (Å²) < 4.78 is 0. The summed E-state index contributed by atoms with van der Waals surface area (Å²) in [4.78, 5) is 16.3. The van der Waals surface area contributed by atoms with Gasteiger partial charge < -0.3 is 0 Å². The number of rotatable bonds is 0. The molecule has 3 rings (SSSR count). The molecule has 0 spiro atoms. The van der Waals surface area contributed by atoms with E-state index in [1.165, 1.54) is 5.57 Å². The highest BCUT2D eigenvalue weighted by molar-refractivity contribution is 6.28. The summed E-state index contributed by atoms with van der Waals surface area (Å²) in [6.45, 7) is 0. The number of carbonyl (C=O) groups is 1. The molecule has 0 radical (unpaired) electrons. The second-order valence-electron chi connectivity index (χ2n) is 3.95. The minimum Gasteiger partial charge on any atom is -0.289 e. The van der Waals surface area contributed by atoms with E-state index in [2.05, 4.69) is 11.1 Å². The fourth-order valence-corrected chi connectivity index (χ4v) is 2.16. The van der Waals surface area contributed by atoms with Gasteiger partial charge in [0.25, 0.3) is 0 Å². The van der Waals surface area contributed by atoms with Crippen LogP contribution in [0.25, 0.3) is 0 Å². The van der Waals surface area contributed by atoms with Gasteiger partial charge in [-0.1, -0.05) is 24.3 Å². The Morgan fingerprint density at radius 2 is 2.27 bits per heavy atom. The lowest BCUT2D eigenvalue weighted by Crippen LogP contribution is -2.24. The zero-order valence-electron chi connectivity index (χ0n) is 8.31. The predicted molar refractivity (Wildman–Crippen MR) is 59.9 cm³/mol. The molecule has 15 heavy (non-hydrogen) atoms. The van der Waals surface area contributed by atoms with Crippen molar-refractivity contribution in [2.45, 2.75) is 18.9 Å². The van der Waals surface area contributed by atoms with E-state index >= 15 is 0 Å². The van der Waals surface area contributed by atoms with Crippen LogP contribution in [0.1, 0.15) is 12.8 Å². The standard InChI is InChI=1S/C13H11NO/c15-13-7-3-6-12-10(13)8-9-4-1-2-5-11(9)14-12/h1-4,7-8,11H,5-6H2. The lowest BCUT2D eigenvalue weighted by Gasteiger charge is -2.24.